The molecule has 0 N–H and O–H groups in total. The molecule has 21 heavy (non-hydrogen) atoms. The van der Waals surface area contributed by atoms with Gasteiger partial charge in [0.2, 0.25) is 5.91 Å². The minimum atomic E-state index is 0.0727. The highest BCUT2D eigenvalue weighted by Gasteiger charge is 2.30. The van der Waals surface area contributed by atoms with Crippen molar-refractivity contribution >= 4 is 11.8 Å². The van der Waals surface area contributed by atoms with Gasteiger partial charge in [-0.2, -0.15) is 0 Å². The minimum Gasteiger partial charge on any atom is -0.356 e. The first-order chi connectivity index (χ1) is 10.1. The highest BCUT2D eigenvalue weighted by atomic mass is 16.2. The van der Waals surface area contributed by atoms with Gasteiger partial charge in [0.15, 0.2) is 0 Å². The number of aryl methyl sites for hydroxylation is 1. The fraction of sp³-hybridized carbons (Fsp3) is 0.625. The molecule has 0 unspecified atom stereocenters. The lowest BCUT2D eigenvalue weighted by Crippen LogP contribution is -2.51. The summed E-state index contributed by atoms with van der Waals surface area (Å²) in [4.78, 5) is 28.5. The summed E-state index contributed by atoms with van der Waals surface area (Å²) in [5, 5.41) is 0. The first kappa shape index (κ1) is 14.2. The predicted molar refractivity (Wildman–Crippen MR) is 79.9 cm³/mol. The number of aromatic nitrogens is 1. The molecular weight excluding hydrogens is 266 g/mol. The van der Waals surface area contributed by atoms with Crippen molar-refractivity contribution in [1.29, 1.82) is 0 Å². The molecule has 0 radical (unpaired) electrons. The largest absolute Gasteiger partial charge is 0.356 e. The Hall–Kier alpha value is -1.78. The van der Waals surface area contributed by atoms with E-state index in [2.05, 4.69) is 0 Å². The first-order valence-electron chi connectivity index (χ1n) is 7.85. The number of nitrogens with zero attached hydrogens (tertiary/aromatic N) is 3. The maximum Gasteiger partial charge on any atom is 0.255 e. The molecule has 2 amide bonds. The Morgan fingerprint density at radius 1 is 1.05 bits per heavy atom. The van der Waals surface area contributed by atoms with Gasteiger partial charge < -0.3 is 14.4 Å². The van der Waals surface area contributed by atoms with E-state index in [4.69, 9.17) is 0 Å². The van der Waals surface area contributed by atoms with E-state index in [1.807, 2.05) is 39.9 Å². The summed E-state index contributed by atoms with van der Waals surface area (Å²) in [6, 6.07) is 1.85. The van der Waals surface area contributed by atoms with Gasteiger partial charge in [0.05, 0.1) is 5.56 Å². The summed E-state index contributed by atoms with van der Waals surface area (Å²) in [6.45, 7) is 2.64. The number of amides is 2. The molecule has 0 bridgehead atoms. The summed E-state index contributed by atoms with van der Waals surface area (Å²) in [5.41, 5.74) is 0.730. The van der Waals surface area contributed by atoms with E-state index in [9.17, 15) is 9.59 Å². The SMILES string of the molecule is Cn1ccc(C(=O)N2CCN(C(=O)C3CCCC3)CC2)c1. The predicted octanol–water partition coefficient (Wildman–Crippen LogP) is 1.50. The van der Waals surface area contributed by atoms with Crippen LogP contribution in [0.3, 0.4) is 0 Å². The Bertz CT molecular complexity index is 523. The zero-order valence-corrected chi connectivity index (χ0v) is 12.6. The average Bonchev–Trinajstić information content (AvgIpc) is 3.17. The molecule has 1 aliphatic carbocycles. The normalized spacial score (nSPS) is 20.0. The van der Waals surface area contributed by atoms with E-state index < -0.39 is 0 Å². The number of hydrogen-bond donors (Lipinski definition) is 0. The highest BCUT2D eigenvalue weighted by molar-refractivity contribution is 5.94. The molecule has 5 nitrogen and oxygen atoms in total. The van der Waals surface area contributed by atoms with Crippen molar-refractivity contribution in [2.75, 3.05) is 26.2 Å². The Morgan fingerprint density at radius 2 is 1.67 bits per heavy atom. The number of hydrogen-bond acceptors (Lipinski definition) is 2. The summed E-state index contributed by atoms with van der Waals surface area (Å²) < 4.78 is 1.88. The molecule has 1 saturated heterocycles. The molecule has 2 aliphatic rings. The first-order valence-corrected chi connectivity index (χ1v) is 7.85. The van der Waals surface area contributed by atoms with Gasteiger partial charge in [-0.3, -0.25) is 9.59 Å². The van der Waals surface area contributed by atoms with E-state index in [0.717, 1.165) is 18.4 Å². The van der Waals surface area contributed by atoms with Gasteiger partial charge in [-0.05, 0) is 18.9 Å². The molecule has 3 rings (SSSR count). The van der Waals surface area contributed by atoms with E-state index in [1.165, 1.54) is 12.8 Å². The zero-order valence-electron chi connectivity index (χ0n) is 12.6. The highest BCUT2D eigenvalue weighted by Crippen LogP contribution is 2.27. The molecule has 0 spiro atoms. The van der Waals surface area contributed by atoms with Crippen LogP contribution in [0.2, 0.25) is 0 Å². The van der Waals surface area contributed by atoms with Gasteiger partial charge in [-0.25, -0.2) is 0 Å². The lowest BCUT2D eigenvalue weighted by Gasteiger charge is -2.35. The molecule has 1 aliphatic heterocycles. The third-order valence-corrected chi connectivity index (χ3v) is 4.66. The third kappa shape index (κ3) is 2.96. The van der Waals surface area contributed by atoms with E-state index in [1.54, 1.807) is 0 Å². The number of rotatable bonds is 2. The van der Waals surface area contributed by atoms with Crippen molar-refractivity contribution in [3.8, 4) is 0 Å². The van der Waals surface area contributed by atoms with Crippen molar-refractivity contribution in [3.63, 3.8) is 0 Å². The molecule has 1 saturated carbocycles. The van der Waals surface area contributed by atoms with Crippen LogP contribution in [-0.4, -0.2) is 52.4 Å². The van der Waals surface area contributed by atoms with Crippen molar-refractivity contribution in [2.45, 2.75) is 25.7 Å². The average molecular weight is 289 g/mol. The molecule has 1 aromatic rings. The van der Waals surface area contributed by atoms with Crippen LogP contribution >= 0.6 is 0 Å². The summed E-state index contributed by atoms with van der Waals surface area (Å²) >= 11 is 0. The molecule has 0 atom stereocenters. The fourth-order valence-corrected chi connectivity index (χ4v) is 3.37. The summed E-state index contributed by atoms with van der Waals surface area (Å²) in [7, 11) is 1.91. The Labute approximate surface area is 125 Å². The smallest absolute Gasteiger partial charge is 0.255 e. The molecular formula is C16H23N3O2. The Morgan fingerprint density at radius 3 is 2.24 bits per heavy atom. The van der Waals surface area contributed by atoms with Crippen molar-refractivity contribution in [3.05, 3.63) is 24.0 Å². The topological polar surface area (TPSA) is 45.6 Å². The van der Waals surface area contributed by atoms with Crippen LogP contribution < -0.4 is 0 Å². The molecule has 114 valence electrons. The van der Waals surface area contributed by atoms with E-state index in [-0.39, 0.29) is 11.8 Å². The third-order valence-electron chi connectivity index (χ3n) is 4.66. The summed E-state index contributed by atoms with van der Waals surface area (Å²) in [5.74, 6) is 0.615. The maximum absolute atomic E-state index is 12.4. The standard InChI is InChI=1S/C16H23N3O2/c1-17-7-6-14(12-17)16(21)19-10-8-18(9-11-19)15(20)13-4-2-3-5-13/h6-7,12-13H,2-5,8-11H2,1H3. The Balaban J connectivity index is 1.55. The molecule has 2 fully saturated rings. The number of piperazine rings is 1. The van der Waals surface area contributed by atoms with Crippen LogP contribution in [0.15, 0.2) is 18.5 Å². The van der Waals surface area contributed by atoms with Crippen LogP contribution in [0.1, 0.15) is 36.0 Å². The lowest BCUT2D eigenvalue weighted by molar-refractivity contribution is -0.136. The van der Waals surface area contributed by atoms with E-state index >= 15 is 0 Å². The van der Waals surface area contributed by atoms with Crippen LogP contribution in [-0.2, 0) is 11.8 Å². The molecule has 5 heteroatoms. The van der Waals surface area contributed by atoms with Crippen molar-refractivity contribution in [2.24, 2.45) is 13.0 Å². The quantitative estimate of drug-likeness (QED) is 0.828. The van der Waals surface area contributed by atoms with Gasteiger partial charge in [0.1, 0.15) is 0 Å². The molecule has 2 heterocycles. The maximum atomic E-state index is 12.4. The van der Waals surface area contributed by atoms with E-state index in [0.29, 0.717) is 32.1 Å². The van der Waals surface area contributed by atoms with Gasteiger partial charge >= 0.3 is 0 Å². The van der Waals surface area contributed by atoms with Gasteiger partial charge in [-0.15, -0.1) is 0 Å². The number of carbonyl (C=O) groups excluding carboxylic acids is 2. The van der Waals surface area contributed by atoms with Gasteiger partial charge in [-0.1, -0.05) is 12.8 Å². The second-order valence-electron chi connectivity index (χ2n) is 6.16. The Kier molecular flexibility index (Phi) is 3.99. The molecule has 1 aromatic heterocycles. The molecule has 0 aromatic carbocycles. The van der Waals surface area contributed by atoms with Crippen LogP contribution in [0.25, 0.3) is 0 Å². The zero-order chi connectivity index (χ0) is 14.8. The van der Waals surface area contributed by atoms with Crippen molar-refractivity contribution < 1.29 is 9.59 Å². The monoisotopic (exact) mass is 289 g/mol. The van der Waals surface area contributed by atoms with Crippen LogP contribution in [0.5, 0.6) is 0 Å². The summed E-state index contributed by atoms with van der Waals surface area (Å²) in [6.07, 6.45) is 8.18. The van der Waals surface area contributed by atoms with Gasteiger partial charge in [0.25, 0.3) is 5.91 Å². The minimum absolute atomic E-state index is 0.0727. The lowest BCUT2D eigenvalue weighted by atomic mass is 10.1. The second-order valence-corrected chi connectivity index (χ2v) is 6.16. The van der Waals surface area contributed by atoms with Crippen molar-refractivity contribution in [1.82, 2.24) is 14.4 Å². The second kappa shape index (κ2) is 5.92. The van der Waals surface area contributed by atoms with Crippen LogP contribution in [0.4, 0.5) is 0 Å². The number of carbonyl (C=O) groups is 2. The van der Waals surface area contributed by atoms with Crippen LogP contribution in [0, 0.1) is 5.92 Å². The fourth-order valence-electron chi connectivity index (χ4n) is 3.37. The van der Waals surface area contributed by atoms with Gasteiger partial charge in [0, 0.05) is 51.5 Å².